The maximum Gasteiger partial charge on any atom is 0.243 e. The van der Waals surface area contributed by atoms with E-state index in [1.54, 1.807) is 19.1 Å². The van der Waals surface area contributed by atoms with Crippen LogP contribution in [-0.2, 0) is 14.8 Å². The molecule has 24 heavy (non-hydrogen) atoms. The number of benzene rings is 1. The number of hydrogen-bond donors (Lipinski definition) is 0. The number of rotatable bonds is 3. The van der Waals surface area contributed by atoms with E-state index in [-0.39, 0.29) is 17.9 Å². The minimum absolute atomic E-state index is 0.0450. The van der Waals surface area contributed by atoms with Crippen LogP contribution in [0.2, 0.25) is 0 Å². The Morgan fingerprint density at radius 3 is 2.67 bits per heavy atom. The van der Waals surface area contributed by atoms with Gasteiger partial charge in [0, 0.05) is 25.9 Å². The van der Waals surface area contributed by atoms with Crippen molar-refractivity contribution in [3.63, 3.8) is 0 Å². The maximum absolute atomic E-state index is 13.0. The lowest BCUT2D eigenvalue weighted by atomic mass is 9.93. The smallest absolute Gasteiger partial charge is 0.243 e. The quantitative estimate of drug-likeness (QED) is 0.834. The summed E-state index contributed by atoms with van der Waals surface area (Å²) in [5.74, 6) is 1.04. The fourth-order valence-electron chi connectivity index (χ4n) is 3.57. The van der Waals surface area contributed by atoms with Gasteiger partial charge >= 0.3 is 0 Å². The Morgan fingerprint density at radius 1 is 1.17 bits per heavy atom. The molecule has 0 saturated carbocycles. The van der Waals surface area contributed by atoms with E-state index in [0.717, 1.165) is 5.56 Å². The summed E-state index contributed by atoms with van der Waals surface area (Å²) in [6.07, 6.45) is -0.124. The zero-order valence-corrected chi connectivity index (χ0v) is 14.4. The lowest BCUT2D eigenvalue weighted by Gasteiger charge is -2.19. The van der Waals surface area contributed by atoms with Crippen LogP contribution in [0, 0.1) is 19.8 Å². The van der Waals surface area contributed by atoms with Crippen LogP contribution in [0.3, 0.4) is 0 Å². The van der Waals surface area contributed by atoms with E-state index in [0.29, 0.717) is 36.4 Å². The van der Waals surface area contributed by atoms with Gasteiger partial charge < -0.3 is 9.15 Å². The van der Waals surface area contributed by atoms with Crippen LogP contribution in [-0.4, -0.2) is 48.7 Å². The summed E-state index contributed by atoms with van der Waals surface area (Å²) in [5, 5.41) is 7.95. The highest BCUT2D eigenvalue weighted by atomic mass is 32.2. The van der Waals surface area contributed by atoms with E-state index in [1.165, 1.54) is 4.31 Å². The molecule has 3 atom stereocenters. The van der Waals surface area contributed by atoms with Gasteiger partial charge in [0.1, 0.15) is 0 Å². The molecular weight excluding hydrogens is 330 g/mol. The molecule has 8 heteroatoms. The third-order valence-corrected chi connectivity index (χ3v) is 6.84. The van der Waals surface area contributed by atoms with E-state index < -0.39 is 10.0 Å². The molecule has 0 N–H and O–H groups in total. The Morgan fingerprint density at radius 2 is 1.96 bits per heavy atom. The lowest BCUT2D eigenvalue weighted by Crippen LogP contribution is -2.31. The van der Waals surface area contributed by atoms with Crippen molar-refractivity contribution in [2.45, 2.75) is 30.8 Å². The molecule has 2 fully saturated rings. The van der Waals surface area contributed by atoms with Gasteiger partial charge in [-0.3, -0.25) is 0 Å². The van der Waals surface area contributed by atoms with Gasteiger partial charge in [-0.05, 0) is 18.6 Å². The van der Waals surface area contributed by atoms with E-state index in [1.807, 2.05) is 19.1 Å². The van der Waals surface area contributed by atoms with Crippen molar-refractivity contribution in [1.29, 1.82) is 0 Å². The van der Waals surface area contributed by atoms with E-state index in [2.05, 4.69) is 10.2 Å². The summed E-state index contributed by atoms with van der Waals surface area (Å²) in [5.41, 5.74) is 0.750. The maximum atomic E-state index is 13.0. The van der Waals surface area contributed by atoms with Gasteiger partial charge in [0.25, 0.3) is 0 Å². The summed E-state index contributed by atoms with van der Waals surface area (Å²) in [7, 11) is -3.53. The van der Waals surface area contributed by atoms with Crippen molar-refractivity contribution in [2.75, 3.05) is 19.7 Å². The molecule has 0 unspecified atom stereocenters. The molecule has 4 rings (SSSR count). The molecular formula is C16H19N3O4S. The molecule has 7 nitrogen and oxygen atoms in total. The minimum atomic E-state index is -3.53. The Balaban J connectivity index is 1.60. The first-order chi connectivity index (χ1) is 11.5. The summed E-state index contributed by atoms with van der Waals surface area (Å²) < 4.78 is 38.8. The Labute approximate surface area is 140 Å². The molecule has 0 spiro atoms. The normalized spacial score (nSPS) is 27.5. The molecule has 0 radical (unpaired) electrons. The highest BCUT2D eigenvalue weighted by Crippen LogP contribution is 2.41. The fraction of sp³-hybridized carbons (Fsp3) is 0.500. The van der Waals surface area contributed by atoms with Crippen LogP contribution in [0.4, 0.5) is 0 Å². The second-order valence-corrected chi connectivity index (χ2v) is 8.30. The topological polar surface area (TPSA) is 85.5 Å². The Hall–Kier alpha value is -1.77. The summed E-state index contributed by atoms with van der Waals surface area (Å²) >= 11 is 0. The summed E-state index contributed by atoms with van der Waals surface area (Å²) in [6, 6.07) is 7.05. The molecule has 1 aromatic heterocycles. The van der Waals surface area contributed by atoms with Gasteiger partial charge in [-0.2, -0.15) is 4.31 Å². The number of nitrogens with zero attached hydrogens (tertiary/aromatic N) is 3. The molecule has 0 bridgehead atoms. The third-order valence-electron chi connectivity index (χ3n) is 4.85. The van der Waals surface area contributed by atoms with Crippen LogP contribution in [0.25, 0.3) is 0 Å². The van der Waals surface area contributed by atoms with Crippen LogP contribution < -0.4 is 0 Å². The second-order valence-electron chi connectivity index (χ2n) is 6.39. The third kappa shape index (κ3) is 2.45. The minimum Gasteiger partial charge on any atom is -0.425 e. The van der Waals surface area contributed by atoms with E-state index in [4.69, 9.17) is 9.15 Å². The van der Waals surface area contributed by atoms with Crippen molar-refractivity contribution in [3.05, 3.63) is 41.6 Å². The molecule has 128 valence electrons. The Kier molecular flexibility index (Phi) is 3.70. The van der Waals surface area contributed by atoms with Crippen LogP contribution >= 0.6 is 0 Å². The standard InChI is InChI=1S/C16H19N3O4S/c1-10-5-3-4-6-15(10)24(20,21)19-7-12-13(9-22-14(12)8-19)16-18-17-11(2)23-16/h3-6,12-14H,7-9H2,1-2H3/t12-,13+,14-/m0/s1. The highest BCUT2D eigenvalue weighted by Gasteiger charge is 2.49. The predicted octanol–water partition coefficient (Wildman–Crippen LogP) is 1.49. The van der Waals surface area contributed by atoms with E-state index >= 15 is 0 Å². The number of fused-ring (bicyclic) bond motifs is 1. The molecule has 3 heterocycles. The van der Waals surface area contributed by atoms with Crippen LogP contribution in [0.5, 0.6) is 0 Å². The van der Waals surface area contributed by atoms with Gasteiger partial charge in [0.15, 0.2) is 0 Å². The number of sulfonamides is 1. The fourth-order valence-corrected chi connectivity index (χ4v) is 5.29. The molecule has 2 aromatic rings. The first-order valence-electron chi connectivity index (χ1n) is 7.94. The Bertz CT molecular complexity index is 864. The largest absolute Gasteiger partial charge is 0.425 e. The van der Waals surface area contributed by atoms with Gasteiger partial charge in [-0.1, -0.05) is 18.2 Å². The SMILES string of the molecule is Cc1nnc([C@@H]2CO[C@H]3CN(S(=O)(=O)c4ccccc4C)C[C@H]32)o1. The first kappa shape index (κ1) is 15.7. The van der Waals surface area contributed by atoms with Crippen LogP contribution in [0.1, 0.15) is 23.3 Å². The monoisotopic (exact) mass is 349 g/mol. The lowest BCUT2D eigenvalue weighted by molar-refractivity contribution is 0.105. The van der Waals surface area contributed by atoms with Gasteiger partial charge in [-0.25, -0.2) is 8.42 Å². The van der Waals surface area contributed by atoms with Crippen molar-refractivity contribution in [2.24, 2.45) is 5.92 Å². The number of aromatic nitrogens is 2. The molecule has 0 amide bonds. The first-order valence-corrected chi connectivity index (χ1v) is 9.38. The van der Waals surface area contributed by atoms with Crippen molar-refractivity contribution >= 4 is 10.0 Å². The molecule has 1 aromatic carbocycles. The van der Waals surface area contributed by atoms with Crippen molar-refractivity contribution < 1.29 is 17.6 Å². The predicted molar refractivity (Wildman–Crippen MR) is 84.9 cm³/mol. The van der Waals surface area contributed by atoms with Crippen molar-refractivity contribution in [3.8, 4) is 0 Å². The molecule has 2 aliphatic heterocycles. The molecule has 2 aliphatic rings. The van der Waals surface area contributed by atoms with E-state index in [9.17, 15) is 8.42 Å². The van der Waals surface area contributed by atoms with Gasteiger partial charge in [0.2, 0.25) is 21.8 Å². The average molecular weight is 349 g/mol. The van der Waals surface area contributed by atoms with Gasteiger partial charge in [0.05, 0.1) is 23.5 Å². The summed E-state index contributed by atoms with van der Waals surface area (Å²) in [6.45, 7) is 4.82. The molecule has 0 aliphatic carbocycles. The van der Waals surface area contributed by atoms with Crippen molar-refractivity contribution in [1.82, 2.24) is 14.5 Å². The number of ether oxygens (including phenoxy) is 1. The second kappa shape index (κ2) is 5.65. The zero-order valence-electron chi connectivity index (χ0n) is 13.5. The summed E-state index contributed by atoms with van der Waals surface area (Å²) in [4.78, 5) is 0.357. The highest BCUT2D eigenvalue weighted by molar-refractivity contribution is 7.89. The average Bonchev–Trinajstić information content (AvgIpc) is 3.22. The molecule has 2 saturated heterocycles. The zero-order chi connectivity index (χ0) is 16.9. The number of aryl methyl sites for hydroxylation is 2. The van der Waals surface area contributed by atoms with Crippen LogP contribution in [0.15, 0.2) is 33.6 Å². The van der Waals surface area contributed by atoms with Gasteiger partial charge in [-0.15, -0.1) is 10.2 Å². The number of hydrogen-bond acceptors (Lipinski definition) is 6.